The van der Waals surface area contributed by atoms with Gasteiger partial charge in [-0.05, 0) is 29.7 Å². The molecule has 1 aliphatic heterocycles. The number of carbonyl (C=O) groups is 1. The van der Waals surface area contributed by atoms with Gasteiger partial charge in [0.25, 0.3) is 0 Å². The summed E-state index contributed by atoms with van der Waals surface area (Å²) in [6, 6.07) is 3.86. The number of fused-ring (bicyclic) bond motifs is 1. The number of rotatable bonds is 2. The van der Waals surface area contributed by atoms with Gasteiger partial charge in [0.2, 0.25) is 0 Å². The van der Waals surface area contributed by atoms with Gasteiger partial charge >= 0.3 is 5.97 Å². The highest BCUT2D eigenvalue weighted by atomic mass is 35.5. The smallest absolute Gasteiger partial charge is 0.310 e. The minimum absolute atomic E-state index is 0.226. The van der Waals surface area contributed by atoms with Crippen molar-refractivity contribution in [2.45, 2.75) is 12.8 Å². The van der Waals surface area contributed by atoms with Gasteiger partial charge in [0.05, 0.1) is 13.5 Å². The molecule has 0 bridgehead atoms. The Kier molecular flexibility index (Phi) is 2.82. The van der Waals surface area contributed by atoms with Crippen LogP contribution in [0, 0.1) is 0 Å². The first-order chi connectivity index (χ1) is 7.20. The zero-order valence-corrected chi connectivity index (χ0v) is 9.23. The molecule has 1 aromatic rings. The second kappa shape index (κ2) is 4.11. The van der Waals surface area contributed by atoms with Gasteiger partial charge in [-0.15, -0.1) is 0 Å². The summed E-state index contributed by atoms with van der Waals surface area (Å²) in [5.41, 5.74) is 3.11. The number of halogens is 1. The molecule has 1 aromatic carbocycles. The molecule has 0 saturated carbocycles. The molecule has 0 aromatic heterocycles. The van der Waals surface area contributed by atoms with Crippen molar-refractivity contribution in [2.24, 2.45) is 0 Å². The molecule has 0 spiro atoms. The van der Waals surface area contributed by atoms with Gasteiger partial charge in [-0.2, -0.15) is 0 Å². The first-order valence-corrected chi connectivity index (χ1v) is 5.20. The normalized spacial score (nSPS) is 13.2. The summed E-state index contributed by atoms with van der Waals surface area (Å²) >= 11 is 6.07. The van der Waals surface area contributed by atoms with Crippen molar-refractivity contribution in [3.05, 3.63) is 28.3 Å². The number of benzene rings is 1. The molecule has 4 heteroatoms. The van der Waals surface area contributed by atoms with E-state index in [1.165, 1.54) is 12.7 Å². The van der Waals surface area contributed by atoms with Gasteiger partial charge in [-0.25, -0.2) is 0 Å². The van der Waals surface area contributed by atoms with E-state index in [1.54, 1.807) is 0 Å². The zero-order valence-electron chi connectivity index (χ0n) is 8.47. The van der Waals surface area contributed by atoms with Crippen molar-refractivity contribution in [1.29, 1.82) is 0 Å². The lowest BCUT2D eigenvalue weighted by Crippen LogP contribution is -2.05. The van der Waals surface area contributed by atoms with Crippen LogP contribution < -0.4 is 5.32 Å². The maximum Gasteiger partial charge on any atom is 0.310 e. The average Bonchev–Trinajstić information content (AvgIpc) is 2.65. The number of nitrogens with one attached hydrogen (secondary N) is 1. The highest BCUT2D eigenvalue weighted by Gasteiger charge is 2.15. The number of carbonyl (C=O) groups excluding carboxylic acids is 1. The number of hydrogen-bond acceptors (Lipinski definition) is 3. The van der Waals surface area contributed by atoms with E-state index in [1.807, 2.05) is 12.1 Å². The lowest BCUT2D eigenvalue weighted by atomic mass is 10.1. The number of ether oxygens (including phenoxy) is 1. The van der Waals surface area contributed by atoms with Gasteiger partial charge in [0.15, 0.2) is 0 Å². The first-order valence-electron chi connectivity index (χ1n) is 4.82. The maximum absolute atomic E-state index is 11.1. The van der Waals surface area contributed by atoms with E-state index in [0.29, 0.717) is 5.02 Å². The van der Waals surface area contributed by atoms with Crippen LogP contribution in [0.3, 0.4) is 0 Å². The fourth-order valence-electron chi connectivity index (χ4n) is 1.73. The molecule has 1 heterocycles. The summed E-state index contributed by atoms with van der Waals surface area (Å²) in [4.78, 5) is 11.1. The third kappa shape index (κ3) is 2.07. The molecule has 1 N–H and O–H groups in total. The van der Waals surface area contributed by atoms with Crippen LogP contribution in [-0.2, 0) is 22.4 Å². The van der Waals surface area contributed by atoms with Crippen LogP contribution in [-0.4, -0.2) is 19.6 Å². The van der Waals surface area contributed by atoms with Crippen molar-refractivity contribution in [1.82, 2.24) is 0 Å². The van der Waals surface area contributed by atoms with E-state index in [4.69, 9.17) is 11.6 Å². The van der Waals surface area contributed by atoms with E-state index in [-0.39, 0.29) is 12.4 Å². The Morgan fingerprint density at radius 3 is 3.13 bits per heavy atom. The standard InChI is InChI=1S/C11H12ClNO2/c1-15-11(14)6-8-5-10-7(2-3-13-10)4-9(8)12/h4-5,13H,2-3,6H2,1H3. The molecule has 0 atom stereocenters. The monoisotopic (exact) mass is 225 g/mol. The fraction of sp³-hybridized carbons (Fsp3) is 0.364. The van der Waals surface area contributed by atoms with Crippen LogP contribution in [0.15, 0.2) is 12.1 Å². The van der Waals surface area contributed by atoms with E-state index in [0.717, 1.165) is 24.2 Å². The van der Waals surface area contributed by atoms with E-state index in [9.17, 15) is 4.79 Å². The lowest BCUT2D eigenvalue weighted by molar-refractivity contribution is -0.139. The first kappa shape index (κ1) is 10.3. The van der Waals surface area contributed by atoms with Crippen LogP contribution in [0.5, 0.6) is 0 Å². The van der Waals surface area contributed by atoms with Crippen LogP contribution >= 0.6 is 11.6 Å². The van der Waals surface area contributed by atoms with Gasteiger partial charge in [-0.3, -0.25) is 4.79 Å². The molecule has 3 nitrogen and oxygen atoms in total. The van der Waals surface area contributed by atoms with E-state index < -0.39 is 0 Å². The number of hydrogen-bond donors (Lipinski definition) is 1. The van der Waals surface area contributed by atoms with Crippen LogP contribution in [0.4, 0.5) is 5.69 Å². The minimum atomic E-state index is -0.269. The molecule has 1 aliphatic rings. The second-order valence-electron chi connectivity index (χ2n) is 3.53. The molecule has 80 valence electrons. The molecule has 0 radical (unpaired) electrons. The molecule has 15 heavy (non-hydrogen) atoms. The molecule has 0 fully saturated rings. The van der Waals surface area contributed by atoms with E-state index in [2.05, 4.69) is 10.1 Å². The summed E-state index contributed by atoms with van der Waals surface area (Å²) in [5, 5.41) is 3.89. The van der Waals surface area contributed by atoms with Gasteiger partial charge in [0.1, 0.15) is 0 Å². The maximum atomic E-state index is 11.1. The molecule has 0 saturated heterocycles. The van der Waals surface area contributed by atoms with Gasteiger partial charge in [0, 0.05) is 17.3 Å². The minimum Gasteiger partial charge on any atom is -0.469 e. The second-order valence-corrected chi connectivity index (χ2v) is 3.94. The number of esters is 1. The van der Waals surface area contributed by atoms with Crippen molar-refractivity contribution < 1.29 is 9.53 Å². The topological polar surface area (TPSA) is 38.3 Å². The highest BCUT2D eigenvalue weighted by Crippen LogP contribution is 2.29. The Bertz CT molecular complexity index is 404. The molecule has 0 aliphatic carbocycles. The number of methoxy groups -OCH3 is 1. The lowest BCUT2D eigenvalue weighted by Gasteiger charge is -2.06. The Hall–Kier alpha value is -1.22. The predicted molar refractivity (Wildman–Crippen MR) is 59.4 cm³/mol. The van der Waals surface area contributed by atoms with Crippen molar-refractivity contribution in [3.63, 3.8) is 0 Å². The van der Waals surface area contributed by atoms with Gasteiger partial charge in [-0.1, -0.05) is 11.6 Å². The zero-order chi connectivity index (χ0) is 10.8. The summed E-state index contributed by atoms with van der Waals surface area (Å²) in [6.07, 6.45) is 1.22. The fourth-order valence-corrected chi connectivity index (χ4v) is 1.98. The Labute approximate surface area is 93.4 Å². The van der Waals surface area contributed by atoms with Crippen LogP contribution in [0.2, 0.25) is 5.02 Å². The molecule has 2 rings (SSSR count). The summed E-state index contributed by atoms with van der Waals surface area (Å²) < 4.78 is 4.61. The Balaban J connectivity index is 2.28. The third-order valence-corrected chi connectivity index (χ3v) is 2.90. The molecule has 0 amide bonds. The van der Waals surface area contributed by atoms with Crippen LogP contribution in [0.25, 0.3) is 0 Å². The highest BCUT2D eigenvalue weighted by molar-refractivity contribution is 6.31. The molecular formula is C11H12ClNO2. The predicted octanol–water partition coefficient (Wildman–Crippen LogP) is 2.02. The quantitative estimate of drug-likeness (QED) is 0.783. The summed E-state index contributed by atoms with van der Waals surface area (Å²) in [7, 11) is 1.38. The van der Waals surface area contributed by atoms with Crippen LogP contribution in [0.1, 0.15) is 11.1 Å². The third-order valence-electron chi connectivity index (χ3n) is 2.54. The summed E-state index contributed by atoms with van der Waals surface area (Å²) in [6.45, 7) is 0.938. The Morgan fingerprint density at radius 1 is 1.60 bits per heavy atom. The molecule has 0 unspecified atom stereocenters. The summed E-state index contributed by atoms with van der Waals surface area (Å²) in [5.74, 6) is -0.269. The van der Waals surface area contributed by atoms with Crippen molar-refractivity contribution in [2.75, 3.05) is 19.0 Å². The van der Waals surface area contributed by atoms with Crippen molar-refractivity contribution in [3.8, 4) is 0 Å². The Morgan fingerprint density at radius 2 is 2.40 bits per heavy atom. The van der Waals surface area contributed by atoms with E-state index >= 15 is 0 Å². The number of anilines is 1. The molecular weight excluding hydrogens is 214 g/mol. The SMILES string of the molecule is COC(=O)Cc1cc2c(cc1Cl)CCN2. The van der Waals surface area contributed by atoms with Crippen molar-refractivity contribution >= 4 is 23.3 Å². The largest absolute Gasteiger partial charge is 0.469 e. The average molecular weight is 226 g/mol. The van der Waals surface area contributed by atoms with Gasteiger partial charge < -0.3 is 10.1 Å².